The summed E-state index contributed by atoms with van der Waals surface area (Å²) in [4.78, 5) is 2.70. The molecule has 0 unspecified atom stereocenters. The summed E-state index contributed by atoms with van der Waals surface area (Å²) in [5.41, 5.74) is 1.99. The van der Waals surface area contributed by atoms with Crippen molar-refractivity contribution in [3.8, 4) is 0 Å². The highest BCUT2D eigenvalue weighted by atomic mass is 16.3. The highest BCUT2D eigenvalue weighted by Gasteiger charge is 2.28. The normalized spacial score (nSPS) is 13.4. The highest BCUT2D eigenvalue weighted by molar-refractivity contribution is 5.15. The fourth-order valence-corrected chi connectivity index (χ4v) is 2.66. The van der Waals surface area contributed by atoms with Gasteiger partial charge in [0.15, 0.2) is 12.2 Å². The first kappa shape index (κ1) is 17.9. The molecule has 10 heteroatoms. The Labute approximate surface area is 160 Å². The average molecular weight is 378 g/mol. The molecule has 2 aromatic heterocycles. The molecular formula is C18H18N8O2. The van der Waals surface area contributed by atoms with Crippen molar-refractivity contribution in [2.45, 2.75) is 25.3 Å². The van der Waals surface area contributed by atoms with Crippen LogP contribution in [0.4, 0.5) is 0 Å². The van der Waals surface area contributed by atoms with Gasteiger partial charge in [0.1, 0.15) is 0 Å². The van der Waals surface area contributed by atoms with Crippen LogP contribution in [0.1, 0.15) is 35.0 Å². The Balaban J connectivity index is 1.43. The van der Waals surface area contributed by atoms with E-state index < -0.39 is 12.2 Å². The smallest absolute Gasteiger partial charge is 0.206 e. The molecule has 2 N–H and O–H groups in total. The number of tetrazole rings is 2. The van der Waals surface area contributed by atoms with Gasteiger partial charge in [0.25, 0.3) is 0 Å². The van der Waals surface area contributed by atoms with Crippen molar-refractivity contribution in [2.24, 2.45) is 0 Å². The molecule has 0 amide bonds. The molecule has 2 atom stereocenters. The second-order valence-corrected chi connectivity index (χ2v) is 6.22. The van der Waals surface area contributed by atoms with Gasteiger partial charge in [-0.1, -0.05) is 60.7 Å². The van der Waals surface area contributed by atoms with E-state index in [9.17, 15) is 10.2 Å². The topological polar surface area (TPSA) is 128 Å². The number of nitrogens with zero attached hydrogens (tertiary/aromatic N) is 8. The number of hydrogen-bond acceptors (Lipinski definition) is 8. The van der Waals surface area contributed by atoms with Crippen LogP contribution >= 0.6 is 0 Å². The van der Waals surface area contributed by atoms with E-state index in [0.29, 0.717) is 13.1 Å². The first-order valence-electron chi connectivity index (χ1n) is 8.68. The van der Waals surface area contributed by atoms with E-state index in [0.717, 1.165) is 11.1 Å². The van der Waals surface area contributed by atoms with Crippen LogP contribution in [0.15, 0.2) is 60.7 Å². The summed E-state index contributed by atoms with van der Waals surface area (Å²) in [6, 6.07) is 19.2. The van der Waals surface area contributed by atoms with E-state index in [1.807, 2.05) is 60.7 Å². The van der Waals surface area contributed by atoms with Crippen LogP contribution in [0.25, 0.3) is 0 Å². The van der Waals surface area contributed by atoms with Crippen molar-refractivity contribution in [3.05, 3.63) is 83.4 Å². The number of benzene rings is 2. The fourth-order valence-electron chi connectivity index (χ4n) is 2.66. The number of aliphatic hydroxyl groups is 2. The van der Waals surface area contributed by atoms with Crippen LogP contribution in [-0.4, -0.2) is 50.6 Å². The summed E-state index contributed by atoms with van der Waals surface area (Å²) in [7, 11) is 0. The molecule has 0 radical (unpaired) electrons. The van der Waals surface area contributed by atoms with Crippen LogP contribution in [0, 0.1) is 0 Å². The minimum Gasteiger partial charge on any atom is -0.382 e. The average Bonchev–Trinajstić information content (AvgIpc) is 3.38. The summed E-state index contributed by atoms with van der Waals surface area (Å²) >= 11 is 0. The van der Waals surface area contributed by atoms with Crippen molar-refractivity contribution in [1.29, 1.82) is 0 Å². The zero-order valence-corrected chi connectivity index (χ0v) is 14.8. The predicted octanol–water partition coefficient (Wildman–Crippen LogP) is 0.523. The zero-order valence-electron chi connectivity index (χ0n) is 14.8. The lowest BCUT2D eigenvalue weighted by molar-refractivity contribution is 0.00609. The third-order valence-corrected chi connectivity index (χ3v) is 4.10. The van der Waals surface area contributed by atoms with Crippen LogP contribution in [0.5, 0.6) is 0 Å². The highest BCUT2D eigenvalue weighted by Crippen LogP contribution is 2.23. The molecule has 0 aliphatic carbocycles. The third-order valence-electron chi connectivity index (χ3n) is 4.10. The van der Waals surface area contributed by atoms with Crippen molar-refractivity contribution < 1.29 is 10.2 Å². The lowest BCUT2D eigenvalue weighted by Crippen LogP contribution is -2.14. The van der Waals surface area contributed by atoms with Gasteiger partial charge in [0.05, 0.1) is 13.1 Å². The van der Waals surface area contributed by atoms with E-state index in [-0.39, 0.29) is 11.6 Å². The molecule has 0 spiro atoms. The number of aromatic nitrogens is 8. The zero-order chi connectivity index (χ0) is 19.3. The van der Waals surface area contributed by atoms with Gasteiger partial charge in [-0.05, 0) is 21.6 Å². The summed E-state index contributed by atoms with van der Waals surface area (Å²) in [5, 5.41) is 44.5. The molecule has 2 heterocycles. The second kappa shape index (κ2) is 8.03. The maximum Gasteiger partial charge on any atom is 0.206 e. The van der Waals surface area contributed by atoms with Crippen molar-refractivity contribution in [2.75, 3.05) is 0 Å². The lowest BCUT2D eigenvalue weighted by Gasteiger charge is -2.10. The van der Waals surface area contributed by atoms with Crippen molar-refractivity contribution in [1.82, 2.24) is 40.4 Å². The molecule has 0 bridgehead atoms. The third kappa shape index (κ3) is 4.08. The van der Waals surface area contributed by atoms with Gasteiger partial charge in [-0.15, -0.1) is 20.4 Å². The number of aliphatic hydroxyl groups excluding tert-OH is 2. The van der Waals surface area contributed by atoms with Gasteiger partial charge in [-0.3, -0.25) is 0 Å². The molecular weight excluding hydrogens is 360 g/mol. The number of hydrogen-bond donors (Lipinski definition) is 2. The van der Waals surface area contributed by atoms with Gasteiger partial charge in [-0.25, -0.2) is 0 Å². The maximum absolute atomic E-state index is 10.4. The molecule has 4 aromatic rings. The van der Waals surface area contributed by atoms with E-state index in [1.165, 1.54) is 9.59 Å². The largest absolute Gasteiger partial charge is 0.382 e. The fraction of sp³-hybridized carbons (Fsp3) is 0.222. The molecule has 0 aliphatic heterocycles. The molecule has 4 rings (SSSR count). The summed E-state index contributed by atoms with van der Waals surface area (Å²) in [6.07, 6.45) is -2.84. The molecule has 142 valence electrons. The number of rotatable bonds is 7. The SMILES string of the molecule is O[C@@H](c1nnn(Cc2ccccc2)n1)[C@@H](O)c1nnn(Cc2ccccc2)n1. The second-order valence-electron chi connectivity index (χ2n) is 6.22. The molecule has 0 saturated carbocycles. The Morgan fingerprint density at radius 1 is 0.643 bits per heavy atom. The molecule has 0 aliphatic rings. The predicted molar refractivity (Wildman–Crippen MR) is 96.6 cm³/mol. The van der Waals surface area contributed by atoms with Crippen LogP contribution in [-0.2, 0) is 13.1 Å². The first-order valence-corrected chi connectivity index (χ1v) is 8.68. The van der Waals surface area contributed by atoms with Crippen molar-refractivity contribution in [3.63, 3.8) is 0 Å². The van der Waals surface area contributed by atoms with Crippen LogP contribution < -0.4 is 0 Å². The van der Waals surface area contributed by atoms with Gasteiger partial charge in [-0.2, -0.15) is 9.59 Å². The van der Waals surface area contributed by atoms with Gasteiger partial charge < -0.3 is 10.2 Å². The van der Waals surface area contributed by atoms with E-state index in [4.69, 9.17) is 0 Å². The van der Waals surface area contributed by atoms with E-state index >= 15 is 0 Å². The minimum absolute atomic E-state index is 0.0113. The van der Waals surface area contributed by atoms with Crippen LogP contribution in [0.3, 0.4) is 0 Å². The summed E-state index contributed by atoms with van der Waals surface area (Å²) in [5.74, 6) is -0.0225. The molecule has 0 fully saturated rings. The molecule has 10 nitrogen and oxygen atoms in total. The summed E-state index contributed by atoms with van der Waals surface area (Å²) < 4.78 is 0. The Bertz CT molecular complexity index is 935. The molecule has 0 saturated heterocycles. The standard InChI is InChI=1S/C18H18N8O2/c27-15(17-19-23-25(21-17)11-13-7-3-1-4-8-13)16(28)18-20-24-26(22-18)12-14-9-5-2-6-10-14/h1-10,15-16,27-28H,11-12H2/t15-,16-/m1/s1. The monoisotopic (exact) mass is 378 g/mol. The molecule has 28 heavy (non-hydrogen) atoms. The first-order chi connectivity index (χ1) is 13.7. The quantitative estimate of drug-likeness (QED) is 0.476. The van der Waals surface area contributed by atoms with Crippen LogP contribution in [0.2, 0.25) is 0 Å². The Morgan fingerprint density at radius 2 is 1.04 bits per heavy atom. The van der Waals surface area contributed by atoms with E-state index in [1.54, 1.807) is 0 Å². The lowest BCUT2D eigenvalue weighted by atomic mass is 10.2. The van der Waals surface area contributed by atoms with Gasteiger partial charge >= 0.3 is 0 Å². The molecule has 2 aromatic carbocycles. The Kier molecular flexibility index (Phi) is 5.13. The van der Waals surface area contributed by atoms with Crippen molar-refractivity contribution >= 4 is 0 Å². The van der Waals surface area contributed by atoms with E-state index in [2.05, 4.69) is 30.8 Å². The minimum atomic E-state index is -1.42. The maximum atomic E-state index is 10.4. The van der Waals surface area contributed by atoms with Gasteiger partial charge in [0.2, 0.25) is 11.6 Å². The van der Waals surface area contributed by atoms with Gasteiger partial charge in [0, 0.05) is 0 Å². The Hall–Kier alpha value is -3.50. The Morgan fingerprint density at radius 3 is 1.43 bits per heavy atom. The summed E-state index contributed by atoms with van der Waals surface area (Å²) in [6.45, 7) is 0.810.